The van der Waals surface area contributed by atoms with Crippen LogP contribution in [0.4, 0.5) is 4.39 Å². The first-order chi connectivity index (χ1) is 12.0. The highest BCUT2D eigenvalue weighted by Gasteiger charge is 2.35. The van der Waals surface area contributed by atoms with Gasteiger partial charge in [0.25, 0.3) is 0 Å². The molecule has 1 aromatic carbocycles. The van der Waals surface area contributed by atoms with Crippen molar-refractivity contribution < 1.29 is 32.6 Å². The lowest BCUT2D eigenvalue weighted by Crippen LogP contribution is -2.50. The molecule has 2 rings (SSSR count). The molecule has 1 aromatic rings. The topological polar surface area (TPSA) is 124 Å². The quantitative estimate of drug-likeness (QED) is 0.639. The standard InChI is InChI=1S/C16H21FN2O6S/c1-16(23,15(21)22)10-18-14(20)11-3-2-8-19(9-11)26(24,25)13-6-4-12(17)5-7-13/h4-7,11,23H,2-3,8-10H2,1H3,(H,18,20)(H,21,22). The van der Waals surface area contributed by atoms with Gasteiger partial charge >= 0.3 is 5.97 Å². The molecule has 0 radical (unpaired) electrons. The predicted molar refractivity (Wildman–Crippen MR) is 89.2 cm³/mol. The minimum absolute atomic E-state index is 0.0613. The number of carboxylic acids is 1. The number of piperidine rings is 1. The van der Waals surface area contributed by atoms with Crippen LogP contribution in [-0.2, 0) is 19.6 Å². The summed E-state index contributed by atoms with van der Waals surface area (Å²) in [7, 11) is -3.86. The maximum Gasteiger partial charge on any atom is 0.337 e. The molecule has 0 saturated carbocycles. The smallest absolute Gasteiger partial charge is 0.337 e. The molecule has 0 aromatic heterocycles. The average Bonchev–Trinajstić information content (AvgIpc) is 2.60. The number of aliphatic carboxylic acids is 1. The Balaban J connectivity index is 2.05. The zero-order chi connectivity index (χ0) is 19.5. The Morgan fingerprint density at radius 1 is 1.35 bits per heavy atom. The number of benzene rings is 1. The first kappa shape index (κ1) is 20.3. The molecule has 1 aliphatic rings. The number of rotatable bonds is 6. The largest absolute Gasteiger partial charge is 0.479 e. The van der Waals surface area contributed by atoms with Crippen LogP contribution in [0.1, 0.15) is 19.8 Å². The molecule has 26 heavy (non-hydrogen) atoms. The Morgan fingerprint density at radius 3 is 2.54 bits per heavy atom. The van der Waals surface area contributed by atoms with E-state index in [9.17, 15) is 27.5 Å². The van der Waals surface area contributed by atoms with Crippen LogP contribution in [0.5, 0.6) is 0 Å². The number of sulfonamides is 1. The third-order valence-electron chi connectivity index (χ3n) is 4.27. The van der Waals surface area contributed by atoms with Crippen molar-refractivity contribution in [2.24, 2.45) is 5.92 Å². The van der Waals surface area contributed by atoms with Gasteiger partial charge in [0.1, 0.15) is 5.82 Å². The van der Waals surface area contributed by atoms with Crippen molar-refractivity contribution >= 4 is 21.9 Å². The van der Waals surface area contributed by atoms with Crippen molar-refractivity contribution in [1.82, 2.24) is 9.62 Å². The van der Waals surface area contributed by atoms with Crippen molar-refractivity contribution in [2.75, 3.05) is 19.6 Å². The van der Waals surface area contributed by atoms with Crippen LogP contribution in [-0.4, -0.2) is 60.0 Å². The van der Waals surface area contributed by atoms with Crippen LogP contribution in [0.3, 0.4) is 0 Å². The fraction of sp³-hybridized carbons (Fsp3) is 0.500. The van der Waals surface area contributed by atoms with Gasteiger partial charge in [-0.1, -0.05) is 0 Å². The van der Waals surface area contributed by atoms with Gasteiger partial charge in [-0.15, -0.1) is 0 Å². The van der Waals surface area contributed by atoms with Gasteiger partial charge in [0, 0.05) is 13.1 Å². The summed E-state index contributed by atoms with van der Waals surface area (Å²) in [6.07, 6.45) is 0.893. The van der Waals surface area contributed by atoms with E-state index in [-0.39, 0.29) is 18.0 Å². The van der Waals surface area contributed by atoms with Crippen LogP contribution in [0, 0.1) is 11.7 Å². The van der Waals surface area contributed by atoms with Gasteiger partial charge in [0.05, 0.1) is 17.4 Å². The van der Waals surface area contributed by atoms with E-state index in [1.807, 2.05) is 0 Å². The lowest BCUT2D eigenvalue weighted by atomic mass is 9.98. The maximum atomic E-state index is 13.0. The summed E-state index contributed by atoms with van der Waals surface area (Å²) in [6.45, 7) is 0.737. The predicted octanol–water partition coefficient (Wildman–Crippen LogP) is 0.178. The molecule has 0 bridgehead atoms. The first-order valence-electron chi connectivity index (χ1n) is 8.03. The number of aliphatic hydroxyl groups is 1. The summed E-state index contributed by atoms with van der Waals surface area (Å²) in [6, 6.07) is 4.43. The Bertz CT molecular complexity index is 778. The zero-order valence-electron chi connectivity index (χ0n) is 14.2. The Kier molecular flexibility index (Phi) is 5.99. The Morgan fingerprint density at radius 2 is 1.96 bits per heavy atom. The van der Waals surface area contributed by atoms with Crippen molar-refractivity contribution in [3.63, 3.8) is 0 Å². The molecule has 1 fully saturated rings. The van der Waals surface area contributed by atoms with E-state index >= 15 is 0 Å². The summed E-state index contributed by atoms with van der Waals surface area (Å²) in [5, 5.41) is 20.8. The number of nitrogens with zero attached hydrogens (tertiary/aromatic N) is 1. The summed E-state index contributed by atoms with van der Waals surface area (Å²) in [4.78, 5) is 23.0. The average molecular weight is 388 g/mol. The zero-order valence-corrected chi connectivity index (χ0v) is 15.0. The molecule has 10 heteroatoms. The van der Waals surface area contributed by atoms with Crippen LogP contribution in [0.2, 0.25) is 0 Å². The number of amides is 1. The molecule has 1 heterocycles. The van der Waals surface area contributed by atoms with Gasteiger partial charge in [-0.3, -0.25) is 4.79 Å². The van der Waals surface area contributed by atoms with Gasteiger partial charge in [-0.2, -0.15) is 4.31 Å². The molecule has 0 aliphatic carbocycles. The molecule has 1 saturated heterocycles. The van der Waals surface area contributed by atoms with Gasteiger partial charge in [-0.05, 0) is 44.0 Å². The van der Waals surface area contributed by atoms with Gasteiger partial charge in [0.15, 0.2) is 5.60 Å². The molecular weight excluding hydrogens is 367 g/mol. The normalized spacial score (nSPS) is 21.0. The molecular formula is C16H21FN2O6S. The Hall–Kier alpha value is -2.04. The monoisotopic (exact) mass is 388 g/mol. The highest BCUT2D eigenvalue weighted by Crippen LogP contribution is 2.24. The molecule has 1 amide bonds. The molecule has 2 atom stereocenters. The van der Waals surface area contributed by atoms with Crippen molar-refractivity contribution in [1.29, 1.82) is 0 Å². The number of hydrogen-bond donors (Lipinski definition) is 3. The third-order valence-corrected chi connectivity index (χ3v) is 6.15. The molecule has 2 unspecified atom stereocenters. The van der Waals surface area contributed by atoms with Gasteiger partial charge < -0.3 is 15.5 Å². The SMILES string of the molecule is CC(O)(CNC(=O)C1CCCN(S(=O)(=O)c2ccc(F)cc2)C1)C(=O)O. The second-order valence-electron chi connectivity index (χ2n) is 6.45. The minimum Gasteiger partial charge on any atom is -0.479 e. The van der Waals surface area contributed by atoms with E-state index in [1.165, 1.54) is 12.1 Å². The van der Waals surface area contributed by atoms with Crippen molar-refractivity contribution in [3.8, 4) is 0 Å². The number of nitrogens with one attached hydrogen (secondary N) is 1. The fourth-order valence-electron chi connectivity index (χ4n) is 2.61. The second-order valence-corrected chi connectivity index (χ2v) is 8.39. The fourth-order valence-corrected chi connectivity index (χ4v) is 4.13. The number of hydrogen-bond acceptors (Lipinski definition) is 5. The molecule has 8 nitrogen and oxygen atoms in total. The minimum atomic E-state index is -3.86. The lowest BCUT2D eigenvalue weighted by Gasteiger charge is -2.31. The van der Waals surface area contributed by atoms with Gasteiger partial charge in [-0.25, -0.2) is 17.6 Å². The highest BCUT2D eigenvalue weighted by molar-refractivity contribution is 7.89. The van der Waals surface area contributed by atoms with Crippen LogP contribution in [0.15, 0.2) is 29.2 Å². The third kappa shape index (κ3) is 4.57. The summed E-state index contributed by atoms with van der Waals surface area (Å²) < 4.78 is 39.4. The van der Waals surface area contributed by atoms with Crippen LogP contribution < -0.4 is 5.32 Å². The van der Waals surface area contributed by atoms with E-state index in [4.69, 9.17) is 5.11 Å². The number of carbonyl (C=O) groups excluding carboxylic acids is 1. The van der Waals surface area contributed by atoms with Crippen LogP contribution in [0.25, 0.3) is 0 Å². The van der Waals surface area contributed by atoms with E-state index < -0.39 is 45.8 Å². The van der Waals surface area contributed by atoms with E-state index in [1.54, 1.807) is 0 Å². The lowest BCUT2D eigenvalue weighted by molar-refractivity contribution is -0.156. The summed E-state index contributed by atoms with van der Waals surface area (Å²) in [5.41, 5.74) is -2.11. The van der Waals surface area contributed by atoms with E-state index in [2.05, 4.69) is 5.32 Å². The van der Waals surface area contributed by atoms with Gasteiger partial charge in [0.2, 0.25) is 15.9 Å². The number of halogens is 1. The molecule has 0 spiro atoms. The summed E-state index contributed by atoms with van der Waals surface area (Å²) >= 11 is 0. The van der Waals surface area contributed by atoms with Crippen molar-refractivity contribution in [3.05, 3.63) is 30.1 Å². The maximum absolute atomic E-state index is 13.0. The van der Waals surface area contributed by atoms with Crippen LogP contribution >= 0.6 is 0 Å². The van der Waals surface area contributed by atoms with E-state index in [0.717, 1.165) is 23.4 Å². The van der Waals surface area contributed by atoms with E-state index in [0.29, 0.717) is 12.8 Å². The molecule has 1 aliphatic heterocycles. The number of carbonyl (C=O) groups is 2. The molecule has 144 valence electrons. The highest BCUT2D eigenvalue weighted by atomic mass is 32.2. The summed E-state index contributed by atoms with van der Waals surface area (Å²) in [5.74, 6) is -3.21. The molecule has 3 N–H and O–H groups in total. The van der Waals surface area contributed by atoms with Crippen molar-refractivity contribution in [2.45, 2.75) is 30.3 Å². The second kappa shape index (κ2) is 7.68. The first-order valence-corrected chi connectivity index (χ1v) is 9.47. The Labute approximate surface area is 150 Å². The number of carboxylic acid groups (broad SMARTS) is 1.